The van der Waals surface area contributed by atoms with Gasteiger partial charge in [-0.3, -0.25) is 9.69 Å². The monoisotopic (exact) mass is 253 g/mol. The fourth-order valence-corrected chi connectivity index (χ4v) is 3.77. The molecule has 1 aliphatic heterocycles. The van der Waals surface area contributed by atoms with Crippen molar-refractivity contribution in [2.24, 2.45) is 11.8 Å². The van der Waals surface area contributed by atoms with E-state index in [1.165, 1.54) is 19.3 Å². The van der Waals surface area contributed by atoms with E-state index in [4.69, 9.17) is 0 Å². The maximum atomic E-state index is 11.8. The van der Waals surface area contributed by atoms with Gasteiger partial charge in [0.2, 0.25) is 0 Å². The van der Waals surface area contributed by atoms with Crippen LogP contribution >= 0.6 is 0 Å². The van der Waals surface area contributed by atoms with E-state index in [2.05, 4.69) is 18.7 Å². The van der Waals surface area contributed by atoms with Gasteiger partial charge in [0, 0.05) is 0 Å². The van der Waals surface area contributed by atoms with Gasteiger partial charge in [-0.15, -0.1) is 0 Å². The molecule has 0 radical (unpaired) electrons. The van der Waals surface area contributed by atoms with Crippen LogP contribution in [0.4, 0.5) is 0 Å². The lowest BCUT2D eigenvalue weighted by atomic mass is 9.71. The second-order valence-electron chi connectivity index (χ2n) is 6.47. The molecule has 2 fully saturated rings. The van der Waals surface area contributed by atoms with Crippen LogP contribution in [-0.2, 0) is 4.79 Å². The average Bonchev–Trinajstić information content (AvgIpc) is 2.39. The second-order valence-corrected chi connectivity index (χ2v) is 6.47. The zero-order valence-corrected chi connectivity index (χ0v) is 11.8. The molecule has 0 bridgehead atoms. The minimum absolute atomic E-state index is 0.536. The van der Waals surface area contributed by atoms with E-state index in [9.17, 15) is 9.90 Å². The van der Waals surface area contributed by atoms with E-state index in [0.29, 0.717) is 5.92 Å². The van der Waals surface area contributed by atoms with E-state index in [1.807, 2.05) is 0 Å². The highest BCUT2D eigenvalue weighted by atomic mass is 16.4. The lowest BCUT2D eigenvalue weighted by Gasteiger charge is -2.47. The summed E-state index contributed by atoms with van der Waals surface area (Å²) in [6.07, 6.45) is 7.48. The van der Waals surface area contributed by atoms with Crippen molar-refractivity contribution in [3.8, 4) is 0 Å². The van der Waals surface area contributed by atoms with Gasteiger partial charge >= 0.3 is 5.97 Å². The lowest BCUT2D eigenvalue weighted by Crippen LogP contribution is -2.58. The molecule has 1 N–H and O–H groups in total. The number of aliphatic carboxylic acids is 1. The highest BCUT2D eigenvalue weighted by Crippen LogP contribution is 2.40. The van der Waals surface area contributed by atoms with E-state index in [-0.39, 0.29) is 0 Å². The third-order valence-electron chi connectivity index (χ3n) is 5.16. The standard InChI is InChI=1S/C15H27NO2/c1-12(2)13-6-8-15(9-7-13,14(17)18)16-10-4-3-5-11-16/h12-13H,3-11H2,1-2H3,(H,17,18). The molecule has 0 amide bonds. The Morgan fingerprint density at radius 1 is 1.17 bits per heavy atom. The van der Waals surface area contributed by atoms with Crippen LogP contribution in [0.15, 0.2) is 0 Å². The number of carboxylic acid groups (broad SMARTS) is 1. The molecule has 1 saturated carbocycles. The summed E-state index contributed by atoms with van der Waals surface area (Å²) in [5, 5.41) is 9.72. The van der Waals surface area contributed by atoms with Gasteiger partial charge in [-0.05, 0) is 63.5 Å². The summed E-state index contributed by atoms with van der Waals surface area (Å²) in [6, 6.07) is 0. The fraction of sp³-hybridized carbons (Fsp3) is 0.933. The first-order valence-electron chi connectivity index (χ1n) is 7.55. The molecule has 3 heteroatoms. The van der Waals surface area contributed by atoms with Gasteiger partial charge in [-0.2, -0.15) is 0 Å². The molecule has 0 unspecified atom stereocenters. The van der Waals surface area contributed by atoms with Gasteiger partial charge < -0.3 is 5.11 Å². The molecule has 2 rings (SSSR count). The Morgan fingerprint density at radius 2 is 1.72 bits per heavy atom. The summed E-state index contributed by atoms with van der Waals surface area (Å²) in [5.41, 5.74) is -0.536. The lowest BCUT2D eigenvalue weighted by molar-refractivity contribution is -0.156. The molecule has 0 aromatic carbocycles. The fourth-order valence-electron chi connectivity index (χ4n) is 3.77. The number of piperidine rings is 1. The van der Waals surface area contributed by atoms with Crippen LogP contribution < -0.4 is 0 Å². The van der Waals surface area contributed by atoms with Crippen LogP contribution in [0.5, 0.6) is 0 Å². The van der Waals surface area contributed by atoms with Crippen molar-refractivity contribution in [3.05, 3.63) is 0 Å². The first kappa shape index (κ1) is 13.9. The van der Waals surface area contributed by atoms with Gasteiger partial charge in [-0.1, -0.05) is 20.3 Å². The summed E-state index contributed by atoms with van der Waals surface area (Å²) in [6.45, 7) is 6.50. The number of carboxylic acids is 1. The van der Waals surface area contributed by atoms with Crippen molar-refractivity contribution in [1.82, 2.24) is 4.90 Å². The Bertz CT molecular complexity index is 287. The van der Waals surface area contributed by atoms with Crippen LogP contribution in [0.25, 0.3) is 0 Å². The van der Waals surface area contributed by atoms with E-state index in [0.717, 1.165) is 44.7 Å². The second kappa shape index (κ2) is 5.60. The summed E-state index contributed by atoms with van der Waals surface area (Å²) >= 11 is 0. The largest absolute Gasteiger partial charge is 0.480 e. The molecule has 0 atom stereocenters. The number of nitrogens with zero attached hydrogens (tertiary/aromatic N) is 1. The molecular formula is C15H27NO2. The number of hydrogen-bond acceptors (Lipinski definition) is 2. The molecule has 0 spiro atoms. The van der Waals surface area contributed by atoms with Crippen LogP contribution in [0.3, 0.4) is 0 Å². The maximum Gasteiger partial charge on any atom is 0.324 e. The predicted molar refractivity (Wildman–Crippen MR) is 72.6 cm³/mol. The zero-order valence-electron chi connectivity index (χ0n) is 11.8. The first-order valence-corrected chi connectivity index (χ1v) is 7.55. The highest BCUT2D eigenvalue weighted by molar-refractivity contribution is 5.79. The minimum atomic E-state index is -0.577. The predicted octanol–water partition coefficient (Wildman–Crippen LogP) is 3.14. The Hall–Kier alpha value is -0.570. The number of likely N-dealkylation sites (tertiary alicyclic amines) is 1. The molecule has 0 aromatic heterocycles. The summed E-state index contributed by atoms with van der Waals surface area (Å²) < 4.78 is 0. The normalized spacial score (nSPS) is 34.7. The Labute approximate surface area is 111 Å². The molecule has 104 valence electrons. The van der Waals surface area contributed by atoms with Gasteiger partial charge in [0.25, 0.3) is 0 Å². The Kier molecular flexibility index (Phi) is 4.31. The summed E-state index contributed by atoms with van der Waals surface area (Å²) in [5.74, 6) is 0.840. The average molecular weight is 253 g/mol. The van der Waals surface area contributed by atoms with Crippen molar-refractivity contribution in [1.29, 1.82) is 0 Å². The van der Waals surface area contributed by atoms with Crippen molar-refractivity contribution < 1.29 is 9.90 Å². The molecule has 3 nitrogen and oxygen atoms in total. The van der Waals surface area contributed by atoms with Crippen LogP contribution in [0.2, 0.25) is 0 Å². The summed E-state index contributed by atoms with van der Waals surface area (Å²) in [7, 11) is 0. The molecule has 1 aliphatic carbocycles. The van der Waals surface area contributed by atoms with Gasteiger partial charge in [0.1, 0.15) is 5.54 Å². The Morgan fingerprint density at radius 3 is 2.17 bits per heavy atom. The molecule has 18 heavy (non-hydrogen) atoms. The zero-order chi connectivity index (χ0) is 13.2. The quantitative estimate of drug-likeness (QED) is 0.840. The minimum Gasteiger partial charge on any atom is -0.480 e. The first-order chi connectivity index (χ1) is 8.56. The molecule has 1 saturated heterocycles. The third kappa shape index (κ3) is 2.56. The summed E-state index contributed by atoms with van der Waals surface area (Å²) in [4.78, 5) is 14.1. The van der Waals surface area contributed by atoms with Crippen LogP contribution in [-0.4, -0.2) is 34.6 Å². The molecule has 1 heterocycles. The smallest absolute Gasteiger partial charge is 0.324 e. The van der Waals surface area contributed by atoms with Crippen LogP contribution in [0, 0.1) is 11.8 Å². The van der Waals surface area contributed by atoms with Crippen molar-refractivity contribution in [2.45, 2.75) is 64.3 Å². The number of carbonyl (C=O) groups is 1. The molecule has 0 aromatic rings. The van der Waals surface area contributed by atoms with Crippen molar-refractivity contribution in [2.75, 3.05) is 13.1 Å². The molecular weight excluding hydrogens is 226 g/mol. The Balaban J connectivity index is 2.07. The maximum absolute atomic E-state index is 11.8. The highest BCUT2D eigenvalue weighted by Gasteiger charge is 2.47. The SMILES string of the molecule is CC(C)C1CCC(C(=O)O)(N2CCCCC2)CC1. The van der Waals surface area contributed by atoms with E-state index >= 15 is 0 Å². The van der Waals surface area contributed by atoms with Gasteiger partial charge in [-0.25, -0.2) is 0 Å². The number of rotatable bonds is 3. The molecule has 2 aliphatic rings. The van der Waals surface area contributed by atoms with E-state index in [1.54, 1.807) is 0 Å². The van der Waals surface area contributed by atoms with Crippen LogP contribution in [0.1, 0.15) is 58.8 Å². The number of hydrogen-bond donors (Lipinski definition) is 1. The van der Waals surface area contributed by atoms with Crippen molar-refractivity contribution >= 4 is 5.97 Å². The van der Waals surface area contributed by atoms with Crippen molar-refractivity contribution in [3.63, 3.8) is 0 Å². The topological polar surface area (TPSA) is 40.5 Å². The van der Waals surface area contributed by atoms with E-state index < -0.39 is 11.5 Å². The van der Waals surface area contributed by atoms with Gasteiger partial charge in [0.05, 0.1) is 0 Å². The van der Waals surface area contributed by atoms with Gasteiger partial charge in [0.15, 0.2) is 0 Å². The third-order valence-corrected chi connectivity index (χ3v) is 5.16.